The zero-order valence-electron chi connectivity index (χ0n) is 7.93. The number of carbonyl (C=O) groups is 2. The first-order chi connectivity index (χ1) is 6.20. The molecule has 0 saturated heterocycles. The number of carbonyl (C=O) groups excluding carboxylic acids is 2. The van der Waals surface area contributed by atoms with Gasteiger partial charge in [0.2, 0.25) is 11.8 Å². The van der Waals surface area contributed by atoms with Crippen LogP contribution in [-0.4, -0.2) is 18.5 Å². The van der Waals surface area contributed by atoms with Gasteiger partial charge in [-0.25, -0.2) is 0 Å². The molecule has 4 heteroatoms. The van der Waals surface area contributed by atoms with Crippen LogP contribution in [0.5, 0.6) is 0 Å². The molecule has 0 aromatic carbocycles. The lowest BCUT2D eigenvalue weighted by Crippen LogP contribution is -2.38. The van der Waals surface area contributed by atoms with Crippen LogP contribution in [0.2, 0.25) is 0 Å². The predicted octanol–water partition coefficient (Wildman–Crippen LogP) is 0.386. The maximum atomic E-state index is 11.4. The van der Waals surface area contributed by atoms with Crippen molar-refractivity contribution in [3.63, 3.8) is 0 Å². The SMILES string of the molecule is CC(=O)NCNC(=O)C1CCCC1. The van der Waals surface area contributed by atoms with Crippen molar-refractivity contribution in [2.45, 2.75) is 32.6 Å². The van der Waals surface area contributed by atoms with E-state index in [0.29, 0.717) is 0 Å². The van der Waals surface area contributed by atoms with Gasteiger partial charge in [0, 0.05) is 12.8 Å². The molecule has 74 valence electrons. The molecule has 0 spiro atoms. The van der Waals surface area contributed by atoms with Crippen molar-refractivity contribution in [2.75, 3.05) is 6.67 Å². The minimum absolute atomic E-state index is 0.0752. The maximum Gasteiger partial charge on any atom is 0.224 e. The van der Waals surface area contributed by atoms with Crippen LogP contribution in [0.3, 0.4) is 0 Å². The van der Waals surface area contributed by atoms with Gasteiger partial charge in [-0.3, -0.25) is 9.59 Å². The highest BCUT2D eigenvalue weighted by Crippen LogP contribution is 2.24. The molecule has 2 N–H and O–H groups in total. The Morgan fingerprint density at radius 1 is 1.23 bits per heavy atom. The summed E-state index contributed by atoms with van der Waals surface area (Å²) in [4.78, 5) is 21.8. The minimum atomic E-state index is -0.119. The third-order valence-corrected chi connectivity index (χ3v) is 2.33. The largest absolute Gasteiger partial charge is 0.339 e. The zero-order chi connectivity index (χ0) is 9.68. The first kappa shape index (κ1) is 10.0. The number of hydrogen-bond acceptors (Lipinski definition) is 2. The number of nitrogens with one attached hydrogen (secondary N) is 2. The van der Waals surface area contributed by atoms with E-state index < -0.39 is 0 Å². The standard InChI is InChI=1S/C9H16N2O2/c1-7(12)10-6-11-9(13)8-4-2-3-5-8/h8H,2-6H2,1H3,(H,10,12)(H,11,13). The summed E-state index contributed by atoms with van der Waals surface area (Å²) in [5, 5.41) is 5.21. The molecule has 4 nitrogen and oxygen atoms in total. The molecule has 13 heavy (non-hydrogen) atoms. The maximum absolute atomic E-state index is 11.4. The zero-order valence-corrected chi connectivity index (χ0v) is 7.93. The molecule has 0 unspecified atom stereocenters. The lowest BCUT2D eigenvalue weighted by atomic mass is 10.1. The smallest absolute Gasteiger partial charge is 0.224 e. The average molecular weight is 184 g/mol. The lowest BCUT2D eigenvalue weighted by Gasteiger charge is -2.09. The Morgan fingerprint density at radius 2 is 1.85 bits per heavy atom. The van der Waals surface area contributed by atoms with E-state index in [2.05, 4.69) is 10.6 Å². The molecule has 1 rings (SSSR count). The monoisotopic (exact) mass is 184 g/mol. The molecule has 0 aromatic rings. The van der Waals surface area contributed by atoms with E-state index in [0.717, 1.165) is 25.7 Å². The van der Waals surface area contributed by atoms with E-state index in [-0.39, 0.29) is 24.4 Å². The third-order valence-electron chi connectivity index (χ3n) is 2.33. The van der Waals surface area contributed by atoms with Gasteiger partial charge in [0.1, 0.15) is 0 Å². The Bertz CT molecular complexity index is 198. The number of hydrogen-bond donors (Lipinski definition) is 2. The Kier molecular flexibility index (Phi) is 3.73. The molecule has 1 aliphatic rings. The van der Waals surface area contributed by atoms with Crippen LogP contribution in [0, 0.1) is 5.92 Å². The summed E-state index contributed by atoms with van der Waals surface area (Å²) in [6, 6.07) is 0. The van der Waals surface area contributed by atoms with Crippen LogP contribution < -0.4 is 10.6 Å². The van der Waals surface area contributed by atoms with E-state index >= 15 is 0 Å². The summed E-state index contributed by atoms with van der Waals surface area (Å²) in [6.07, 6.45) is 4.29. The summed E-state index contributed by atoms with van der Waals surface area (Å²) in [5.41, 5.74) is 0. The first-order valence-electron chi connectivity index (χ1n) is 4.72. The highest BCUT2D eigenvalue weighted by Gasteiger charge is 2.21. The van der Waals surface area contributed by atoms with Crippen molar-refractivity contribution in [1.29, 1.82) is 0 Å². The van der Waals surface area contributed by atoms with Gasteiger partial charge in [0.15, 0.2) is 0 Å². The van der Waals surface area contributed by atoms with Crippen LogP contribution >= 0.6 is 0 Å². The molecule has 0 heterocycles. The van der Waals surface area contributed by atoms with Crippen LogP contribution in [0.4, 0.5) is 0 Å². The second-order valence-electron chi connectivity index (χ2n) is 3.43. The van der Waals surface area contributed by atoms with E-state index in [1.54, 1.807) is 0 Å². The number of rotatable bonds is 3. The van der Waals surface area contributed by atoms with Gasteiger partial charge in [0.05, 0.1) is 6.67 Å². The van der Waals surface area contributed by atoms with Crippen LogP contribution in [0.15, 0.2) is 0 Å². The van der Waals surface area contributed by atoms with Gasteiger partial charge in [-0.05, 0) is 12.8 Å². The van der Waals surface area contributed by atoms with Gasteiger partial charge in [-0.15, -0.1) is 0 Å². The molecule has 0 aliphatic heterocycles. The Labute approximate surface area is 78.1 Å². The quantitative estimate of drug-likeness (QED) is 0.623. The first-order valence-corrected chi connectivity index (χ1v) is 4.72. The lowest BCUT2D eigenvalue weighted by molar-refractivity contribution is -0.125. The molecule has 2 amide bonds. The van der Waals surface area contributed by atoms with Gasteiger partial charge in [-0.1, -0.05) is 12.8 Å². The molecule has 1 saturated carbocycles. The second kappa shape index (κ2) is 4.84. The van der Waals surface area contributed by atoms with Crippen molar-refractivity contribution >= 4 is 11.8 Å². The summed E-state index contributed by atoms with van der Waals surface area (Å²) >= 11 is 0. The predicted molar refractivity (Wildman–Crippen MR) is 48.8 cm³/mol. The fourth-order valence-electron chi connectivity index (χ4n) is 1.59. The van der Waals surface area contributed by atoms with Crippen molar-refractivity contribution in [2.24, 2.45) is 5.92 Å². The topological polar surface area (TPSA) is 58.2 Å². The van der Waals surface area contributed by atoms with Gasteiger partial charge in [-0.2, -0.15) is 0 Å². The number of amides is 2. The Morgan fingerprint density at radius 3 is 2.38 bits per heavy atom. The van der Waals surface area contributed by atoms with E-state index in [1.807, 2.05) is 0 Å². The van der Waals surface area contributed by atoms with Crippen molar-refractivity contribution in [3.8, 4) is 0 Å². The molecule has 0 atom stereocenters. The highest BCUT2D eigenvalue weighted by atomic mass is 16.2. The van der Waals surface area contributed by atoms with Gasteiger partial charge in [0.25, 0.3) is 0 Å². The summed E-state index contributed by atoms with van der Waals surface area (Å²) in [5.74, 6) is 0.131. The van der Waals surface area contributed by atoms with Crippen LogP contribution in [-0.2, 0) is 9.59 Å². The van der Waals surface area contributed by atoms with E-state index in [4.69, 9.17) is 0 Å². The van der Waals surface area contributed by atoms with E-state index in [9.17, 15) is 9.59 Å². The molecule has 1 aliphatic carbocycles. The Balaban J connectivity index is 2.13. The third kappa shape index (κ3) is 3.44. The molecular formula is C9H16N2O2. The van der Waals surface area contributed by atoms with Gasteiger partial charge < -0.3 is 10.6 Å². The summed E-state index contributed by atoms with van der Waals surface area (Å²) in [7, 11) is 0. The van der Waals surface area contributed by atoms with E-state index in [1.165, 1.54) is 6.92 Å². The Hall–Kier alpha value is -1.06. The normalized spacial score (nSPS) is 17.0. The minimum Gasteiger partial charge on any atom is -0.339 e. The van der Waals surface area contributed by atoms with Crippen LogP contribution in [0.25, 0.3) is 0 Å². The summed E-state index contributed by atoms with van der Waals surface area (Å²) < 4.78 is 0. The van der Waals surface area contributed by atoms with Crippen molar-refractivity contribution in [3.05, 3.63) is 0 Å². The van der Waals surface area contributed by atoms with Crippen molar-refractivity contribution in [1.82, 2.24) is 10.6 Å². The highest BCUT2D eigenvalue weighted by molar-refractivity contribution is 5.79. The molecule has 0 aromatic heterocycles. The average Bonchev–Trinajstić information content (AvgIpc) is 2.55. The second-order valence-corrected chi connectivity index (χ2v) is 3.43. The fraction of sp³-hybridized carbons (Fsp3) is 0.778. The summed E-state index contributed by atoms with van der Waals surface area (Å²) in [6.45, 7) is 1.69. The molecule has 0 radical (unpaired) electrons. The van der Waals surface area contributed by atoms with Crippen molar-refractivity contribution < 1.29 is 9.59 Å². The molecular weight excluding hydrogens is 168 g/mol. The van der Waals surface area contributed by atoms with Gasteiger partial charge >= 0.3 is 0 Å². The molecule has 0 bridgehead atoms. The fourth-order valence-corrected chi connectivity index (χ4v) is 1.59. The van der Waals surface area contributed by atoms with Crippen LogP contribution in [0.1, 0.15) is 32.6 Å². The molecule has 1 fully saturated rings.